The minimum absolute atomic E-state index is 1.10. The zero-order valence-corrected chi connectivity index (χ0v) is 33.9. The van der Waals surface area contributed by atoms with Crippen molar-refractivity contribution in [2.45, 2.75) is 6.92 Å². The average molecular weight is 779 g/mol. The van der Waals surface area contributed by atoms with Crippen LogP contribution in [0.3, 0.4) is 0 Å². The molecule has 0 saturated carbocycles. The number of rotatable bonds is 8. The second kappa shape index (κ2) is 15.3. The number of fused-ring (bicyclic) bond motifs is 4. The molecule has 0 amide bonds. The summed E-state index contributed by atoms with van der Waals surface area (Å²) >= 11 is 0. The van der Waals surface area contributed by atoms with Gasteiger partial charge in [0.2, 0.25) is 0 Å². The highest BCUT2D eigenvalue weighted by atomic mass is 15.1. The molecule has 0 bridgehead atoms. The molecule has 11 rings (SSSR count). The lowest BCUT2D eigenvalue weighted by Gasteiger charge is -2.28. The largest absolute Gasteiger partial charge is 0.310 e. The van der Waals surface area contributed by atoms with Crippen molar-refractivity contribution in [3.8, 4) is 22.3 Å². The van der Waals surface area contributed by atoms with Gasteiger partial charge in [0.25, 0.3) is 0 Å². The fourth-order valence-corrected chi connectivity index (χ4v) is 9.11. The van der Waals surface area contributed by atoms with Crippen LogP contribution in [0.4, 0.5) is 34.1 Å². The summed E-state index contributed by atoms with van der Waals surface area (Å²) in [5.41, 5.74) is 12.7. The summed E-state index contributed by atoms with van der Waals surface area (Å²) in [7, 11) is 0. The van der Waals surface area contributed by atoms with Gasteiger partial charge in [-0.15, -0.1) is 0 Å². The number of benzene rings is 11. The molecule has 61 heavy (non-hydrogen) atoms. The topological polar surface area (TPSA) is 6.48 Å². The van der Waals surface area contributed by atoms with Crippen molar-refractivity contribution in [3.63, 3.8) is 0 Å². The van der Waals surface area contributed by atoms with E-state index in [1.54, 1.807) is 0 Å². The summed E-state index contributed by atoms with van der Waals surface area (Å²) in [4.78, 5) is 4.78. The van der Waals surface area contributed by atoms with Gasteiger partial charge in [0.05, 0.1) is 0 Å². The maximum Gasteiger partial charge on any atom is 0.0468 e. The Morgan fingerprint density at radius 3 is 1.07 bits per heavy atom. The fraction of sp³-hybridized carbons (Fsp3) is 0.0169. The Morgan fingerprint density at radius 2 is 0.607 bits per heavy atom. The first kappa shape index (κ1) is 36.2. The molecule has 0 heterocycles. The van der Waals surface area contributed by atoms with Crippen LogP contribution in [-0.4, -0.2) is 0 Å². The van der Waals surface area contributed by atoms with Crippen molar-refractivity contribution in [1.82, 2.24) is 0 Å². The summed E-state index contributed by atoms with van der Waals surface area (Å²) in [5.74, 6) is 0. The molecule has 0 unspecified atom stereocenters. The van der Waals surface area contributed by atoms with Gasteiger partial charge in [-0.05, 0) is 145 Å². The van der Waals surface area contributed by atoms with E-state index in [1.165, 1.54) is 70.9 Å². The van der Waals surface area contributed by atoms with Crippen LogP contribution in [0.1, 0.15) is 5.56 Å². The van der Waals surface area contributed by atoms with E-state index in [0.29, 0.717) is 0 Å². The second-order valence-corrected chi connectivity index (χ2v) is 15.8. The lowest BCUT2D eigenvalue weighted by molar-refractivity contribution is 1.29. The van der Waals surface area contributed by atoms with Gasteiger partial charge in [-0.25, -0.2) is 0 Å². The molecular formula is C59H42N2. The predicted octanol–water partition coefficient (Wildman–Crippen LogP) is 16.9. The van der Waals surface area contributed by atoms with E-state index >= 15 is 0 Å². The molecule has 0 aliphatic carbocycles. The Bertz CT molecular complexity index is 3360. The lowest BCUT2D eigenvalue weighted by Crippen LogP contribution is -2.10. The zero-order chi connectivity index (χ0) is 40.7. The first-order valence-corrected chi connectivity index (χ1v) is 21.0. The van der Waals surface area contributed by atoms with Gasteiger partial charge in [0.1, 0.15) is 0 Å². The Kier molecular flexibility index (Phi) is 9.09. The Morgan fingerprint density at radius 1 is 0.246 bits per heavy atom. The molecule has 11 aromatic carbocycles. The molecule has 0 spiro atoms. The average Bonchev–Trinajstić information content (AvgIpc) is 3.32. The van der Waals surface area contributed by atoms with Crippen LogP contribution in [-0.2, 0) is 0 Å². The molecule has 2 heteroatoms. The number of hydrogen-bond donors (Lipinski definition) is 0. The van der Waals surface area contributed by atoms with Gasteiger partial charge in [-0.1, -0.05) is 169 Å². The molecule has 288 valence electrons. The van der Waals surface area contributed by atoms with Gasteiger partial charge in [-0.3, -0.25) is 0 Å². The zero-order valence-electron chi connectivity index (χ0n) is 33.9. The molecule has 2 nitrogen and oxygen atoms in total. The van der Waals surface area contributed by atoms with E-state index in [1.807, 2.05) is 0 Å². The highest BCUT2D eigenvalue weighted by Crippen LogP contribution is 2.48. The normalized spacial score (nSPS) is 11.4. The number of nitrogens with zero attached hydrogens (tertiary/aromatic N) is 2. The Balaban J connectivity index is 1.21. The Labute approximate surface area is 356 Å². The van der Waals surface area contributed by atoms with Gasteiger partial charge in [0.15, 0.2) is 0 Å². The molecule has 0 aliphatic heterocycles. The maximum absolute atomic E-state index is 2.41. The van der Waals surface area contributed by atoms with Crippen molar-refractivity contribution in [2.75, 3.05) is 9.80 Å². The summed E-state index contributed by atoms with van der Waals surface area (Å²) in [6.45, 7) is 2.16. The van der Waals surface area contributed by atoms with Crippen LogP contribution >= 0.6 is 0 Å². The van der Waals surface area contributed by atoms with E-state index in [2.05, 4.69) is 253 Å². The predicted molar refractivity (Wildman–Crippen MR) is 261 cm³/mol. The number of aryl methyl sites for hydroxylation is 1. The molecular weight excluding hydrogens is 737 g/mol. The molecule has 0 N–H and O–H groups in total. The minimum atomic E-state index is 1.10. The lowest BCUT2D eigenvalue weighted by atomic mass is 9.85. The van der Waals surface area contributed by atoms with E-state index < -0.39 is 0 Å². The molecule has 0 aliphatic rings. The van der Waals surface area contributed by atoms with Gasteiger partial charge < -0.3 is 9.80 Å². The first-order valence-electron chi connectivity index (χ1n) is 21.0. The second-order valence-electron chi connectivity index (χ2n) is 15.8. The highest BCUT2D eigenvalue weighted by Gasteiger charge is 2.22. The molecule has 0 atom stereocenters. The van der Waals surface area contributed by atoms with Crippen LogP contribution < -0.4 is 9.80 Å². The van der Waals surface area contributed by atoms with Gasteiger partial charge in [-0.2, -0.15) is 0 Å². The van der Waals surface area contributed by atoms with Crippen molar-refractivity contribution in [3.05, 3.63) is 242 Å². The highest BCUT2D eigenvalue weighted by molar-refractivity contribution is 6.22. The summed E-state index contributed by atoms with van der Waals surface area (Å²) in [6, 6.07) is 86.3. The van der Waals surface area contributed by atoms with Crippen molar-refractivity contribution >= 4 is 77.2 Å². The molecule has 0 fully saturated rings. The Hall–Kier alpha value is -7.94. The van der Waals surface area contributed by atoms with Crippen LogP contribution in [0.15, 0.2) is 237 Å². The third-order valence-corrected chi connectivity index (χ3v) is 12.0. The molecule has 0 saturated heterocycles. The standard InChI is InChI=1S/C59H42N2/c1-41-25-27-45(28-26-41)59-55-36-34-52(60(48-21-7-3-8-22-48)50-31-29-42-15-11-13-19-46(42)37-50)39-56(55)58(44-17-5-2-6-18-44)54-35-33-53(40-57(54)59)61(49-23-9-4-10-24-49)51-32-30-43-16-12-14-20-47(43)38-51/h2-40H,1H3. The SMILES string of the molecule is Cc1ccc(-c2c3ccc(N(c4ccccc4)c4ccc5ccccc5c4)cc3c(-c3ccccc3)c3ccc(N(c4ccccc4)c4ccc5ccccc5c4)cc23)cc1. The first-order chi connectivity index (χ1) is 30.2. The van der Waals surface area contributed by atoms with E-state index in [4.69, 9.17) is 0 Å². The third-order valence-electron chi connectivity index (χ3n) is 12.0. The van der Waals surface area contributed by atoms with Crippen molar-refractivity contribution < 1.29 is 0 Å². The smallest absolute Gasteiger partial charge is 0.0468 e. The molecule has 0 aromatic heterocycles. The van der Waals surface area contributed by atoms with Crippen LogP contribution in [0.25, 0.3) is 65.3 Å². The van der Waals surface area contributed by atoms with Crippen LogP contribution in [0.2, 0.25) is 0 Å². The summed E-state index contributed by atoms with van der Waals surface area (Å²) in [6.07, 6.45) is 0. The van der Waals surface area contributed by atoms with Crippen molar-refractivity contribution in [2.24, 2.45) is 0 Å². The number of para-hydroxylation sites is 2. The monoisotopic (exact) mass is 778 g/mol. The molecule has 11 aromatic rings. The van der Waals surface area contributed by atoms with Gasteiger partial charge >= 0.3 is 0 Å². The van der Waals surface area contributed by atoms with E-state index in [9.17, 15) is 0 Å². The van der Waals surface area contributed by atoms with Crippen molar-refractivity contribution in [1.29, 1.82) is 0 Å². The minimum Gasteiger partial charge on any atom is -0.310 e. The fourth-order valence-electron chi connectivity index (χ4n) is 9.11. The number of hydrogen-bond acceptors (Lipinski definition) is 2. The summed E-state index contributed by atoms with van der Waals surface area (Å²) in [5, 5.41) is 9.70. The van der Waals surface area contributed by atoms with Gasteiger partial charge in [0, 0.05) is 34.1 Å². The van der Waals surface area contributed by atoms with E-state index in [0.717, 1.165) is 34.1 Å². The third kappa shape index (κ3) is 6.65. The summed E-state index contributed by atoms with van der Waals surface area (Å²) < 4.78 is 0. The quantitative estimate of drug-likeness (QED) is 0.142. The maximum atomic E-state index is 2.41. The van der Waals surface area contributed by atoms with E-state index in [-0.39, 0.29) is 0 Å². The molecule has 0 radical (unpaired) electrons. The van der Waals surface area contributed by atoms with Crippen LogP contribution in [0.5, 0.6) is 0 Å². The number of anilines is 6. The van der Waals surface area contributed by atoms with Crippen LogP contribution in [0, 0.1) is 6.92 Å².